The van der Waals surface area contributed by atoms with Crippen LogP contribution in [0.5, 0.6) is 0 Å². The number of hydrogen-bond acceptors (Lipinski definition) is 4. The van der Waals surface area contributed by atoms with Gasteiger partial charge in [0.25, 0.3) is 0 Å². The molecule has 4 heteroatoms. The topological polar surface area (TPSA) is 41.6 Å². The quantitative estimate of drug-likeness (QED) is 0.734. The normalized spacial score (nSPS) is 15.3. The Morgan fingerprint density at radius 1 is 1.53 bits per heavy atom. The Hall–Kier alpha value is -1.55. The maximum Gasteiger partial charge on any atom is 0.321 e. The molecular formula is C11H14N2O2. The van der Waals surface area contributed by atoms with E-state index in [0.717, 1.165) is 18.7 Å². The summed E-state index contributed by atoms with van der Waals surface area (Å²) in [7, 11) is 1.40. The van der Waals surface area contributed by atoms with Crippen molar-refractivity contribution < 1.29 is 9.53 Å². The zero-order valence-electron chi connectivity index (χ0n) is 8.69. The summed E-state index contributed by atoms with van der Waals surface area (Å²) in [6.45, 7) is 1.11. The standard InChI is InChI=1S/C11H14N2O2/c1-15-11(14)8-13-7-6-9-4-2-3-5-10(9)12-13/h2-5,12H,6-8H2,1H3. The van der Waals surface area contributed by atoms with Gasteiger partial charge >= 0.3 is 5.97 Å². The molecule has 0 radical (unpaired) electrons. The Balaban J connectivity index is 2.02. The van der Waals surface area contributed by atoms with Crippen molar-refractivity contribution in [3.05, 3.63) is 29.8 Å². The third kappa shape index (κ3) is 2.27. The van der Waals surface area contributed by atoms with Crippen LogP contribution in [-0.4, -0.2) is 31.2 Å². The number of para-hydroxylation sites is 1. The van der Waals surface area contributed by atoms with Gasteiger partial charge in [0.2, 0.25) is 0 Å². The van der Waals surface area contributed by atoms with Crippen LogP contribution in [0.3, 0.4) is 0 Å². The lowest BCUT2D eigenvalue weighted by Gasteiger charge is -2.29. The first-order valence-electron chi connectivity index (χ1n) is 4.96. The Morgan fingerprint density at radius 2 is 2.33 bits per heavy atom. The summed E-state index contributed by atoms with van der Waals surface area (Å²) in [6, 6.07) is 8.11. The minimum Gasteiger partial charge on any atom is -0.468 e. The van der Waals surface area contributed by atoms with Gasteiger partial charge in [-0.05, 0) is 18.1 Å². The van der Waals surface area contributed by atoms with Crippen LogP contribution in [-0.2, 0) is 16.0 Å². The van der Waals surface area contributed by atoms with Crippen molar-refractivity contribution in [3.8, 4) is 0 Å². The molecule has 0 aromatic heterocycles. The fraction of sp³-hybridized carbons (Fsp3) is 0.364. The largest absolute Gasteiger partial charge is 0.468 e. The number of carbonyl (C=O) groups excluding carboxylic acids is 1. The molecule has 0 fully saturated rings. The second kappa shape index (κ2) is 4.31. The highest BCUT2D eigenvalue weighted by atomic mass is 16.5. The van der Waals surface area contributed by atoms with Gasteiger partial charge in [-0.3, -0.25) is 4.79 Å². The van der Waals surface area contributed by atoms with Gasteiger partial charge in [0.05, 0.1) is 12.8 Å². The van der Waals surface area contributed by atoms with Gasteiger partial charge in [-0.25, -0.2) is 5.01 Å². The smallest absolute Gasteiger partial charge is 0.321 e. The van der Waals surface area contributed by atoms with Gasteiger partial charge < -0.3 is 10.2 Å². The van der Waals surface area contributed by atoms with Crippen LogP contribution >= 0.6 is 0 Å². The van der Waals surface area contributed by atoms with E-state index in [2.05, 4.69) is 16.2 Å². The molecule has 0 saturated carbocycles. The van der Waals surface area contributed by atoms with Gasteiger partial charge in [-0.15, -0.1) is 0 Å². The van der Waals surface area contributed by atoms with E-state index in [0.29, 0.717) is 0 Å². The highest BCUT2D eigenvalue weighted by molar-refractivity contribution is 5.72. The lowest BCUT2D eigenvalue weighted by molar-refractivity contribution is -0.141. The van der Waals surface area contributed by atoms with Crippen molar-refractivity contribution in [2.75, 3.05) is 25.6 Å². The number of nitrogens with zero attached hydrogens (tertiary/aromatic N) is 1. The average molecular weight is 206 g/mol. The Kier molecular flexibility index (Phi) is 2.87. The summed E-state index contributed by atoms with van der Waals surface area (Å²) in [4.78, 5) is 11.1. The zero-order chi connectivity index (χ0) is 10.7. The molecule has 1 aliphatic rings. The van der Waals surface area contributed by atoms with Crippen LogP contribution < -0.4 is 5.43 Å². The molecular weight excluding hydrogens is 192 g/mol. The minimum absolute atomic E-state index is 0.220. The summed E-state index contributed by atoms with van der Waals surface area (Å²) < 4.78 is 4.62. The lowest BCUT2D eigenvalue weighted by atomic mass is 10.1. The molecule has 1 heterocycles. The highest BCUT2D eigenvalue weighted by Crippen LogP contribution is 2.20. The zero-order valence-corrected chi connectivity index (χ0v) is 8.69. The minimum atomic E-state index is -0.220. The summed E-state index contributed by atoms with van der Waals surface area (Å²) in [5.41, 5.74) is 5.56. The first kappa shape index (κ1) is 9.98. The van der Waals surface area contributed by atoms with E-state index in [4.69, 9.17) is 0 Å². The first-order chi connectivity index (χ1) is 7.29. The van der Waals surface area contributed by atoms with E-state index in [1.54, 1.807) is 0 Å². The van der Waals surface area contributed by atoms with Gasteiger partial charge in [-0.2, -0.15) is 0 Å². The van der Waals surface area contributed by atoms with Gasteiger partial charge in [0.1, 0.15) is 6.54 Å². The lowest BCUT2D eigenvalue weighted by Crippen LogP contribution is -2.40. The van der Waals surface area contributed by atoms with E-state index < -0.39 is 0 Å². The van der Waals surface area contributed by atoms with E-state index in [-0.39, 0.29) is 12.5 Å². The number of hydrazine groups is 1. The number of benzene rings is 1. The molecule has 1 N–H and O–H groups in total. The number of rotatable bonds is 2. The van der Waals surface area contributed by atoms with E-state index in [1.807, 2.05) is 23.2 Å². The fourth-order valence-electron chi connectivity index (χ4n) is 1.67. The third-order valence-corrected chi connectivity index (χ3v) is 2.49. The van der Waals surface area contributed by atoms with E-state index in [1.165, 1.54) is 12.7 Å². The van der Waals surface area contributed by atoms with Gasteiger partial charge in [0.15, 0.2) is 0 Å². The SMILES string of the molecule is COC(=O)CN1CCc2ccccc2N1. The van der Waals surface area contributed by atoms with Crippen LogP contribution in [0, 0.1) is 0 Å². The Bertz CT molecular complexity index is 365. The number of nitrogens with one attached hydrogen (secondary N) is 1. The van der Waals surface area contributed by atoms with E-state index >= 15 is 0 Å². The van der Waals surface area contributed by atoms with Gasteiger partial charge in [0, 0.05) is 6.54 Å². The second-order valence-corrected chi connectivity index (χ2v) is 3.52. The van der Waals surface area contributed by atoms with Crippen molar-refractivity contribution in [1.29, 1.82) is 0 Å². The summed E-state index contributed by atoms with van der Waals surface area (Å²) >= 11 is 0. The Labute approximate surface area is 88.8 Å². The molecule has 0 saturated heterocycles. The number of anilines is 1. The fourth-order valence-corrected chi connectivity index (χ4v) is 1.67. The van der Waals surface area contributed by atoms with Crippen LogP contribution in [0.2, 0.25) is 0 Å². The third-order valence-electron chi connectivity index (χ3n) is 2.49. The number of hydrogen-bond donors (Lipinski definition) is 1. The van der Waals surface area contributed by atoms with Crippen molar-refractivity contribution in [3.63, 3.8) is 0 Å². The molecule has 1 aromatic carbocycles. The van der Waals surface area contributed by atoms with Crippen molar-refractivity contribution in [2.24, 2.45) is 0 Å². The number of carbonyl (C=O) groups is 1. The molecule has 0 atom stereocenters. The van der Waals surface area contributed by atoms with E-state index in [9.17, 15) is 4.79 Å². The maximum atomic E-state index is 11.1. The predicted octanol–water partition coefficient (Wildman–Crippen LogP) is 1.04. The summed E-state index contributed by atoms with van der Waals surface area (Å²) in [6.07, 6.45) is 0.958. The molecule has 0 amide bonds. The monoisotopic (exact) mass is 206 g/mol. The number of methoxy groups -OCH3 is 1. The molecule has 4 nitrogen and oxygen atoms in total. The van der Waals surface area contributed by atoms with Crippen LogP contribution in [0.4, 0.5) is 5.69 Å². The first-order valence-corrected chi connectivity index (χ1v) is 4.96. The summed E-state index contributed by atoms with van der Waals surface area (Å²) in [5, 5.41) is 1.87. The molecule has 1 aliphatic heterocycles. The molecule has 15 heavy (non-hydrogen) atoms. The maximum absolute atomic E-state index is 11.1. The number of ether oxygens (including phenoxy) is 1. The second-order valence-electron chi connectivity index (χ2n) is 3.52. The predicted molar refractivity (Wildman–Crippen MR) is 57.4 cm³/mol. The number of fused-ring (bicyclic) bond motifs is 1. The van der Waals surface area contributed by atoms with Crippen LogP contribution in [0.1, 0.15) is 5.56 Å². The van der Waals surface area contributed by atoms with Crippen molar-refractivity contribution in [1.82, 2.24) is 5.01 Å². The molecule has 2 rings (SSSR count). The molecule has 0 unspecified atom stereocenters. The van der Waals surface area contributed by atoms with Crippen LogP contribution in [0.15, 0.2) is 24.3 Å². The van der Waals surface area contributed by atoms with Crippen LogP contribution in [0.25, 0.3) is 0 Å². The molecule has 0 aliphatic carbocycles. The summed E-state index contributed by atoms with van der Waals surface area (Å²) in [5.74, 6) is -0.220. The molecule has 1 aromatic rings. The molecule has 0 bridgehead atoms. The molecule has 80 valence electrons. The highest BCUT2D eigenvalue weighted by Gasteiger charge is 2.17. The average Bonchev–Trinajstić information content (AvgIpc) is 2.29. The Morgan fingerprint density at radius 3 is 3.13 bits per heavy atom. The van der Waals surface area contributed by atoms with Crippen molar-refractivity contribution >= 4 is 11.7 Å². The van der Waals surface area contributed by atoms with Gasteiger partial charge in [-0.1, -0.05) is 18.2 Å². The number of esters is 1. The molecule has 0 spiro atoms. The van der Waals surface area contributed by atoms with Crippen molar-refractivity contribution in [2.45, 2.75) is 6.42 Å².